The Labute approximate surface area is 148 Å². The molecular weight excluding hydrogens is 382 g/mol. The molecule has 23 heavy (non-hydrogen) atoms. The molecule has 6 heteroatoms. The van der Waals surface area contributed by atoms with Crippen LogP contribution in [0.4, 0.5) is 5.69 Å². The first-order valence-electron chi connectivity index (χ1n) is 6.69. The molecule has 2 aromatic rings. The Balaban J connectivity index is 2.14. The smallest absolute Gasteiger partial charge is 0.248 e. The molecule has 0 aliphatic carbocycles. The van der Waals surface area contributed by atoms with Crippen LogP contribution in [-0.4, -0.2) is 20.1 Å². The Morgan fingerprint density at radius 1 is 1.17 bits per heavy atom. The van der Waals surface area contributed by atoms with Gasteiger partial charge < -0.3 is 14.8 Å². The summed E-state index contributed by atoms with van der Waals surface area (Å²) >= 11 is 9.39. The first-order valence-corrected chi connectivity index (χ1v) is 7.86. The Hall–Kier alpha value is -1.98. The van der Waals surface area contributed by atoms with Gasteiger partial charge in [0.25, 0.3) is 0 Å². The van der Waals surface area contributed by atoms with Crippen LogP contribution < -0.4 is 14.8 Å². The maximum Gasteiger partial charge on any atom is 0.248 e. The number of carbonyl (C=O) groups excluding carboxylic acids is 1. The van der Waals surface area contributed by atoms with Gasteiger partial charge in [-0.3, -0.25) is 4.79 Å². The molecule has 1 amide bonds. The molecule has 4 nitrogen and oxygen atoms in total. The number of benzene rings is 2. The quantitative estimate of drug-likeness (QED) is 0.741. The fourth-order valence-corrected chi connectivity index (χ4v) is 2.62. The van der Waals surface area contributed by atoms with Crippen molar-refractivity contribution >= 4 is 45.2 Å². The summed E-state index contributed by atoms with van der Waals surface area (Å²) < 4.78 is 11.3. The average molecular weight is 397 g/mol. The van der Waals surface area contributed by atoms with Crippen LogP contribution >= 0.6 is 27.5 Å². The van der Waals surface area contributed by atoms with E-state index < -0.39 is 0 Å². The summed E-state index contributed by atoms with van der Waals surface area (Å²) in [5, 5.41) is 3.18. The lowest BCUT2D eigenvalue weighted by molar-refractivity contribution is -0.111. The van der Waals surface area contributed by atoms with Gasteiger partial charge in [-0.2, -0.15) is 0 Å². The summed E-state index contributed by atoms with van der Waals surface area (Å²) in [6.07, 6.45) is 3.07. The van der Waals surface area contributed by atoms with Crippen LogP contribution in [0.3, 0.4) is 0 Å². The van der Waals surface area contributed by atoms with Crippen LogP contribution in [-0.2, 0) is 4.79 Å². The van der Waals surface area contributed by atoms with E-state index in [-0.39, 0.29) is 5.91 Å². The molecule has 0 aromatic heterocycles. The molecule has 0 spiro atoms. The lowest BCUT2D eigenvalue weighted by Gasteiger charge is -2.07. The van der Waals surface area contributed by atoms with Crippen LogP contribution in [0.25, 0.3) is 6.08 Å². The number of ether oxygens (including phenoxy) is 2. The van der Waals surface area contributed by atoms with Crippen molar-refractivity contribution in [3.05, 3.63) is 57.5 Å². The molecule has 0 atom stereocenters. The number of rotatable bonds is 5. The van der Waals surface area contributed by atoms with Gasteiger partial charge in [0, 0.05) is 16.1 Å². The highest BCUT2D eigenvalue weighted by Crippen LogP contribution is 2.27. The monoisotopic (exact) mass is 395 g/mol. The first-order chi connectivity index (χ1) is 11.0. The lowest BCUT2D eigenvalue weighted by atomic mass is 10.1. The van der Waals surface area contributed by atoms with Gasteiger partial charge in [-0.1, -0.05) is 27.5 Å². The van der Waals surface area contributed by atoms with Crippen molar-refractivity contribution in [1.29, 1.82) is 0 Å². The molecule has 1 N–H and O–H groups in total. The minimum atomic E-state index is -0.293. The highest BCUT2D eigenvalue weighted by molar-refractivity contribution is 9.10. The molecule has 2 rings (SSSR count). The van der Waals surface area contributed by atoms with Crippen molar-refractivity contribution in [1.82, 2.24) is 0 Å². The van der Waals surface area contributed by atoms with E-state index in [1.54, 1.807) is 56.7 Å². The number of methoxy groups -OCH3 is 2. The third-order valence-electron chi connectivity index (χ3n) is 3.04. The van der Waals surface area contributed by atoms with Gasteiger partial charge in [0.15, 0.2) is 0 Å². The summed E-state index contributed by atoms with van der Waals surface area (Å²) in [5.41, 5.74) is 1.28. The molecule has 120 valence electrons. The van der Waals surface area contributed by atoms with Crippen LogP contribution in [0.15, 0.2) is 46.9 Å². The zero-order valence-corrected chi connectivity index (χ0v) is 14.9. The predicted molar refractivity (Wildman–Crippen MR) is 96.4 cm³/mol. The van der Waals surface area contributed by atoms with E-state index in [1.807, 2.05) is 0 Å². The van der Waals surface area contributed by atoms with Gasteiger partial charge >= 0.3 is 0 Å². The fraction of sp³-hybridized carbons (Fsp3) is 0.118. The normalized spacial score (nSPS) is 10.6. The topological polar surface area (TPSA) is 47.6 Å². The summed E-state index contributed by atoms with van der Waals surface area (Å²) in [5.74, 6) is 1.04. The summed E-state index contributed by atoms with van der Waals surface area (Å²) in [4.78, 5) is 12.0. The summed E-state index contributed by atoms with van der Waals surface area (Å²) in [6.45, 7) is 0. The lowest BCUT2D eigenvalue weighted by Crippen LogP contribution is -2.08. The van der Waals surface area contributed by atoms with Crippen LogP contribution in [0.2, 0.25) is 5.02 Å². The zero-order chi connectivity index (χ0) is 16.8. The Bertz CT molecular complexity index is 747. The van der Waals surface area contributed by atoms with Gasteiger partial charge in [0.2, 0.25) is 5.91 Å². The number of hydrogen-bond acceptors (Lipinski definition) is 3. The second-order valence-corrected chi connectivity index (χ2v) is 5.88. The number of anilines is 1. The molecule has 0 saturated carbocycles. The number of hydrogen-bond donors (Lipinski definition) is 1. The maximum absolute atomic E-state index is 12.0. The van der Waals surface area contributed by atoms with Gasteiger partial charge in [-0.15, -0.1) is 0 Å². The highest BCUT2D eigenvalue weighted by Gasteiger charge is 2.05. The van der Waals surface area contributed by atoms with Crippen molar-refractivity contribution in [3.63, 3.8) is 0 Å². The molecule has 0 fully saturated rings. The third-order valence-corrected chi connectivity index (χ3v) is 3.85. The van der Waals surface area contributed by atoms with Gasteiger partial charge in [-0.25, -0.2) is 0 Å². The molecule has 0 saturated heterocycles. The Kier molecular flexibility index (Phi) is 6.07. The molecule has 0 aliphatic rings. The number of halogens is 2. The van der Waals surface area contributed by atoms with E-state index in [9.17, 15) is 4.79 Å². The number of amides is 1. The van der Waals surface area contributed by atoms with E-state index in [0.29, 0.717) is 22.2 Å². The second-order valence-electron chi connectivity index (χ2n) is 4.55. The fourth-order valence-electron chi connectivity index (χ4n) is 1.90. The molecule has 2 aromatic carbocycles. The van der Waals surface area contributed by atoms with Crippen molar-refractivity contribution in [2.45, 2.75) is 0 Å². The molecule has 0 aliphatic heterocycles. The molecular formula is C17H15BrClNO3. The first kappa shape index (κ1) is 17.4. The van der Waals surface area contributed by atoms with Crippen LogP contribution in [0, 0.1) is 0 Å². The van der Waals surface area contributed by atoms with Gasteiger partial charge in [-0.05, 0) is 42.5 Å². The largest absolute Gasteiger partial charge is 0.497 e. The molecule has 0 heterocycles. The van der Waals surface area contributed by atoms with E-state index >= 15 is 0 Å². The van der Waals surface area contributed by atoms with E-state index in [4.69, 9.17) is 21.1 Å². The van der Waals surface area contributed by atoms with E-state index in [0.717, 1.165) is 10.0 Å². The van der Waals surface area contributed by atoms with Crippen LogP contribution in [0.5, 0.6) is 11.5 Å². The van der Waals surface area contributed by atoms with Crippen molar-refractivity contribution < 1.29 is 14.3 Å². The number of nitrogens with one attached hydrogen (secondary N) is 1. The van der Waals surface area contributed by atoms with Gasteiger partial charge in [0.1, 0.15) is 11.5 Å². The second kappa shape index (κ2) is 8.04. The number of carbonyl (C=O) groups is 1. The molecule has 0 unspecified atom stereocenters. The van der Waals surface area contributed by atoms with Crippen molar-refractivity contribution in [2.75, 3.05) is 19.5 Å². The third kappa shape index (κ3) is 4.74. The highest BCUT2D eigenvalue weighted by atomic mass is 79.9. The SMILES string of the molecule is COc1ccc(OC)c(/C=C/C(=O)Nc2ccc(Br)cc2Cl)c1. The predicted octanol–water partition coefficient (Wildman–Crippen LogP) is 4.77. The summed E-state index contributed by atoms with van der Waals surface area (Å²) in [7, 11) is 3.15. The van der Waals surface area contributed by atoms with E-state index in [1.165, 1.54) is 6.08 Å². The Morgan fingerprint density at radius 3 is 2.61 bits per heavy atom. The standard InChI is InChI=1S/C17H15BrClNO3/c1-22-13-5-7-16(23-2)11(9-13)3-8-17(21)20-15-6-4-12(18)10-14(15)19/h3-10H,1-2H3,(H,20,21)/b8-3+. The van der Waals surface area contributed by atoms with Gasteiger partial charge in [0.05, 0.1) is 24.9 Å². The maximum atomic E-state index is 12.0. The zero-order valence-electron chi connectivity index (χ0n) is 12.6. The van der Waals surface area contributed by atoms with Crippen molar-refractivity contribution in [2.24, 2.45) is 0 Å². The minimum absolute atomic E-state index is 0.293. The molecule has 0 bridgehead atoms. The Morgan fingerprint density at radius 2 is 1.96 bits per heavy atom. The molecule has 0 radical (unpaired) electrons. The van der Waals surface area contributed by atoms with Crippen LogP contribution in [0.1, 0.15) is 5.56 Å². The average Bonchev–Trinajstić information content (AvgIpc) is 2.55. The minimum Gasteiger partial charge on any atom is -0.497 e. The van der Waals surface area contributed by atoms with E-state index in [2.05, 4.69) is 21.2 Å². The summed E-state index contributed by atoms with van der Waals surface area (Å²) in [6, 6.07) is 10.6. The van der Waals surface area contributed by atoms with Crippen molar-refractivity contribution in [3.8, 4) is 11.5 Å².